The molecular formula is C16H14N4O3S. The van der Waals surface area contributed by atoms with Crippen molar-refractivity contribution in [1.29, 1.82) is 0 Å². The molecule has 1 aromatic carbocycles. The smallest absolute Gasteiger partial charge is 0.259 e. The molecule has 0 bridgehead atoms. The highest BCUT2D eigenvalue weighted by Crippen LogP contribution is 2.20. The lowest BCUT2D eigenvalue weighted by Gasteiger charge is -2.06. The van der Waals surface area contributed by atoms with Crippen molar-refractivity contribution in [3.8, 4) is 0 Å². The van der Waals surface area contributed by atoms with Gasteiger partial charge in [0.05, 0.1) is 18.3 Å². The summed E-state index contributed by atoms with van der Waals surface area (Å²) in [6.07, 6.45) is 1.36. The summed E-state index contributed by atoms with van der Waals surface area (Å²) in [7, 11) is 0. The van der Waals surface area contributed by atoms with Crippen LogP contribution in [0.15, 0.2) is 41.5 Å². The molecule has 0 aliphatic heterocycles. The van der Waals surface area contributed by atoms with Crippen LogP contribution < -0.4 is 16.2 Å². The second-order valence-corrected chi connectivity index (χ2v) is 6.22. The van der Waals surface area contributed by atoms with Gasteiger partial charge in [0.1, 0.15) is 4.83 Å². The van der Waals surface area contributed by atoms with Gasteiger partial charge in [-0.25, -0.2) is 4.98 Å². The fourth-order valence-electron chi connectivity index (χ4n) is 2.22. The fourth-order valence-corrected chi connectivity index (χ4v) is 3.15. The lowest BCUT2D eigenvalue weighted by molar-refractivity contribution is -0.114. The second kappa shape index (κ2) is 6.63. The quantitative estimate of drug-likeness (QED) is 0.673. The summed E-state index contributed by atoms with van der Waals surface area (Å²) in [5.74, 6) is -0.461. The molecule has 0 unspecified atom stereocenters. The topological polar surface area (TPSA) is 104 Å². The van der Waals surface area contributed by atoms with Crippen molar-refractivity contribution >= 4 is 39.1 Å². The van der Waals surface area contributed by atoms with Gasteiger partial charge in [-0.1, -0.05) is 6.07 Å². The van der Waals surface area contributed by atoms with E-state index in [1.54, 1.807) is 30.3 Å². The summed E-state index contributed by atoms with van der Waals surface area (Å²) in [5, 5.41) is 5.94. The van der Waals surface area contributed by atoms with Crippen molar-refractivity contribution in [2.45, 2.75) is 13.5 Å². The largest absolute Gasteiger partial charge is 0.347 e. The highest BCUT2D eigenvalue weighted by molar-refractivity contribution is 7.18. The predicted octanol–water partition coefficient (Wildman–Crippen LogP) is 1.87. The first-order valence-electron chi connectivity index (χ1n) is 7.15. The van der Waals surface area contributed by atoms with Crippen molar-refractivity contribution in [3.05, 3.63) is 57.5 Å². The molecule has 3 aromatic rings. The Hall–Kier alpha value is -3.00. The number of hydrogen-bond acceptors (Lipinski definition) is 5. The zero-order valence-electron chi connectivity index (χ0n) is 12.8. The zero-order chi connectivity index (χ0) is 17.1. The number of benzene rings is 1. The molecule has 0 saturated heterocycles. The molecular weight excluding hydrogens is 328 g/mol. The van der Waals surface area contributed by atoms with Gasteiger partial charge in [0, 0.05) is 23.1 Å². The van der Waals surface area contributed by atoms with Gasteiger partial charge in [0.25, 0.3) is 11.5 Å². The highest BCUT2D eigenvalue weighted by atomic mass is 32.1. The van der Waals surface area contributed by atoms with Crippen LogP contribution in [-0.2, 0) is 11.3 Å². The lowest BCUT2D eigenvalue weighted by atomic mass is 10.2. The van der Waals surface area contributed by atoms with Gasteiger partial charge in [-0.05, 0) is 24.3 Å². The number of fused-ring (bicyclic) bond motifs is 1. The summed E-state index contributed by atoms with van der Waals surface area (Å²) >= 11 is 1.36. The number of thiophene rings is 1. The van der Waals surface area contributed by atoms with Crippen LogP contribution in [0.2, 0.25) is 0 Å². The molecule has 0 fully saturated rings. The average molecular weight is 342 g/mol. The lowest BCUT2D eigenvalue weighted by Crippen LogP contribution is -2.22. The fraction of sp³-hybridized carbons (Fsp3) is 0.125. The van der Waals surface area contributed by atoms with E-state index < -0.39 is 0 Å². The molecule has 0 aliphatic rings. The molecule has 3 N–H and O–H groups in total. The Morgan fingerprint density at radius 2 is 2.12 bits per heavy atom. The van der Waals surface area contributed by atoms with Gasteiger partial charge in [-0.2, -0.15) is 0 Å². The maximum absolute atomic E-state index is 12.2. The summed E-state index contributed by atoms with van der Waals surface area (Å²) in [4.78, 5) is 43.1. The van der Waals surface area contributed by atoms with E-state index in [-0.39, 0.29) is 17.4 Å². The Balaban J connectivity index is 1.71. The number of anilines is 1. The van der Waals surface area contributed by atoms with Gasteiger partial charge < -0.3 is 15.6 Å². The zero-order valence-corrected chi connectivity index (χ0v) is 13.6. The molecule has 0 atom stereocenters. The van der Waals surface area contributed by atoms with Crippen LogP contribution in [0.1, 0.15) is 22.2 Å². The number of nitrogens with zero attached hydrogens (tertiary/aromatic N) is 1. The third kappa shape index (κ3) is 3.49. The number of aromatic nitrogens is 2. The third-order valence-electron chi connectivity index (χ3n) is 3.25. The molecule has 0 spiro atoms. The third-order valence-corrected chi connectivity index (χ3v) is 4.30. The van der Waals surface area contributed by atoms with Crippen LogP contribution >= 0.6 is 11.3 Å². The Bertz CT molecular complexity index is 977. The Kier molecular flexibility index (Phi) is 4.39. The molecule has 3 rings (SSSR count). The monoisotopic (exact) mass is 342 g/mol. The van der Waals surface area contributed by atoms with E-state index in [1.165, 1.54) is 24.6 Å². The van der Waals surface area contributed by atoms with E-state index >= 15 is 0 Å². The molecule has 0 radical (unpaired) electrons. The number of aromatic amines is 1. The summed E-state index contributed by atoms with van der Waals surface area (Å²) in [5.41, 5.74) is 0.808. The number of rotatable bonds is 4. The Morgan fingerprint density at radius 3 is 2.88 bits per heavy atom. The molecule has 8 heteroatoms. The van der Waals surface area contributed by atoms with Crippen molar-refractivity contribution in [2.75, 3.05) is 5.32 Å². The first-order valence-corrected chi connectivity index (χ1v) is 7.96. The molecule has 2 amide bonds. The van der Waals surface area contributed by atoms with Crippen LogP contribution in [-0.4, -0.2) is 21.8 Å². The SMILES string of the molecule is CC(=O)Nc1cccc(C(=O)NCc2cc3c(=O)[nH]cnc3s2)c1. The van der Waals surface area contributed by atoms with Gasteiger partial charge >= 0.3 is 0 Å². The molecule has 2 heterocycles. The number of nitrogens with one attached hydrogen (secondary N) is 3. The molecule has 7 nitrogen and oxygen atoms in total. The van der Waals surface area contributed by atoms with Crippen LogP contribution in [0, 0.1) is 0 Å². The van der Waals surface area contributed by atoms with Gasteiger partial charge in [0.2, 0.25) is 5.91 Å². The van der Waals surface area contributed by atoms with Gasteiger partial charge in [-0.15, -0.1) is 11.3 Å². The molecule has 2 aromatic heterocycles. The Labute approximate surface area is 140 Å². The number of carbonyl (C=O) groups is 2. The van der Waals surface area contributed by atoms with Crippen molar-refractivity contribution in [3.63, 3.8) is 0 Å². The summed E-state index contributed by atoms with van der Waals surface area (Å²) < 4.78 is 0. The minimum atomic E-state index is -0.262. The van der Waals surface area contributed by atoms with Crippen LogP contribution in [0.4, 0.5) is 5.69 Å². The standard InChI is InChI=1S/C16H14N4O3S/c1-9(21)20-11-4-2-3-10(5-11)14(22)17-7-12-6-13-15(23)18-8-19-16(13)24-12/h2-6,8H,7H2,1H3,(H,17,22)(H,20,21)(H,18,19,23). The first-order chi connectivity index (χ1) is 11.5. The minimum Gasteiger partial charge on any atom is -0.347 e. The molecule has 0 saturated carbocycles. The summed E-state index contributed by atoms with van der Waals surface area (Å²) in [6.45, 7) is 1.70. The molecule has 24 heavy (non-hydrogen) atoms. The second-order valence-electron chi connectivity index (χ2n) is 5.11. The van der Waals surface area contributed by atoms with Crippen molar-refractivity contribution < 1.29 is 9.59 Å². The van der Waals surface area contributed by atoms with Crippen molar-refractivity contribution in [2.24, 2.45) is 0 Å². The van der Waals surface area contributed by atoms with E-state index in [9.17, 15) is 14.4 Å². The molecule has 122 valence electrons. The number of H-pyrrole nitrogens is 1. The van der Waals surface area contributed by atoms with Gasteiger partial charge in [0.15, 0.2) is 0 Å². The maximum atomic E-state index is 12.2. The normalized spacial score (nSPS) is 10.5. The van der Waals surface area contributed by atoms with Gasteiger partial charge in [-0.3, -0.25) is 14.4 Å². The number of carbonyl (C=O) groups excluding carboxylic acids is 2. The average Bonchev–Trinajstić information content (AvgIpc) is 2.97. The van der Waals surface area contributed by atoms with Crippen LogP contribution in [0.3, 0.4) is 0 Å². The first kappa shape index (κ1) is 15.9. The van der Waals surface area contributed by atoms with E-state index in [4.69, 9.17) is 0 Å². The van der Waals surface area contributed by atoms with E-state index in [0.29, 0.717) is 28.0 Å². The number of hydrogen-bond donors (Lipinski definition) is 3. The van der Waals surface area contributed by atoms with E-state index in [0.717, 1.165) is 4.88 Å². The number of amides is 2. The van der Waals surface area contributed by atoms with Crippen molar-refractivity contribution in [1.82, 2.24) is 15.3 Å². The van der Waals surface area contributed by atoms with E-state index in [2.05, 4.69) is 20.6 Å². The Morgan fingerprint density at radius 1 is 1.29 bits per heavy atom. The predicted molar refractivity (Wildman–Crippen MR) is 92.2 cm³/mol. The van der Waals surface area contributed by atoms with Crippen LogP contribution in [0.5, 0.6) is 0 Å². The van der Waals surface area contributed by atoms with E-state index in [1.807, 2.05) is 0 Å². The maximum Gasteiger partial charge on any atom is 0.259 e. The minimum absolute atomic E-state index is 0.197. The summed E-state index contributed by atoms with van der Waals surface area (Å²) in [6, 6.07) is 8.40. The highest BCUT2D eigenvalue weighted by Gasteiger charge is 2.10. The molecule has 0 aliphatic carbocycles. The van der Waals surface area contributed by atoms with Crippen LogP contribution in [0.25, 0.3) is 10.2 Å².